The highest BCUT2D eigenvalue weighted by Gasteiger charge is 2.25. The van der Waals surface area contributed by atoms with Gasteiger partial charge in [0.15, 0.2) is 5.58 Å². The van der Waals surface area contributed by atoms with E-state index >= 15 is 0 Å². The third-order valence-corrected chi connectivity index (χ3v) is 5.88. The van der Waals surface area contributed by atoms with Gasteiger partial charge in [-0.2, -0.15) is 4.98 Å². The number of piperazine rings is 1. The maximum atomic E-state index is 13.0. The topological polar surface area (TPSA) is 93.8 Å². The molecule has 1 aliphatic rings. The average molecular weight is 474 g/mol. The first kappa shape index (κ1) is 23.3. The van der Waals surface area contributed by atoms with E-state index in [1.807, 2.05) is 22.8 Å². The second kappa shape index (κ2) is 10.4. The number of aryl methyl sites for hydroxylation is 1. The van der Waals surface area contributed by atoms with Crippen LogP contribution in [-0.2, 0) is 4.74 Å². The van der Waals surface area contributed by atoms with Crippen molar-refractivity contribution < 1.29 is 18.7 Å². The normalized spacial score (nSPS) is 15.2. The molecule has 3 aromatic heterocycles. The molecule has 3 aromatic rings. The Labute approximate surface area is 197 Å². The highest BCUT2D eigenvalue weighted by Crippen LogP contribution is 2.24. The molecule has 4 heterocycles. The summed E-state index contributed by atoms with van der Waals surface area (Å²) in [5, 5.41) is 0.373. The fourth-order valence-corrected chi connectivity index (χ4v) is 3.94. The number of pyridine rings is 2. The van der Waals surface area contributed by atoms with E-state index in [1.165, 1.54) is 0 Å². The minimum absolute atomic E-state index is 0.0304. The highest BCUT2D eigenvalue weighted by molar-refractivity contribution is 6.29. The van der Waals surface area contributed by atoms with Crippen LogP contribution in [0.1, 0.15) is 35.7 Å². The fourth-order valence-electron chi connectivity index (χ4n) is 3.80. The zero-order valence-electron chi connectivity index (χ0n) is 19.1. The Morgan fingerprint density at radius 2 is 2.03 bits per heavy atom. The largest absolute Gasteiger partial charge is 0.475 e. The SMILES string of the molecule is CCCC(COc1ncc(C(=O)N2CCN(c3nc4nc(Cl)ccc4o3)CC2)cc1C)OC. The summed E-state index contributed by atoms with van der Waals surface area (Å²) in [4.78, 5) is 29.8. The number of oxazole rings is 1. The van der Waals surface area contributed by atoms with Crippen LogP contribution in [0.5, 0.6) is 5.88 Å². The Balaban J connectivity index is 1.35. The van der Waals surface area contributed by atoms with Crippen molar-refractivity contribution in [3.05, 3.63) is 40.7 Å². The summed E-state index contributed by atoms with van der Waals surface area (Å²) in [6.45, 7) is 6.75. The molecule has 0 saturated carbocycles. The Bertz CT molecular complexity index is 1110. The van der Waals surface area contributed by atoms with E-state index in [1.54, 1.807) is 25.4 Å². The lowest BCUT2D eigenvalue weighted by atomic mass is 10.1. The van der Waals surface area contributed by atoms with Crippen molar-refractivity contribution in [2.75, 3.05) is 44.8 Å². The van der Waals surface area contributed by atoms with Gasteiger partial charge in [-0.1, -0.05) is 24.9 Å². The van der Waals surface area contributed by atoms with Crippen LogP contribution in [0.15, 0.2) is 28.8 Å². The van der Waals surface area contributed by atoms with E-state index < -0.39 is 0 Å². The molecule has 0 N–H and O–H groups in total. The molecule has 0 aliphatic carbocycles. The first-order chi connectivity index (χ1) is 16.0. The number of nitrogens with zero attached hydrogens (tertiary/aromatic N) is 5. The quantitative estimate of drug-likeness (QED) is 0.457. The standard InChI is InChI=1S/C23H28ClN5O4/c1-4-5-17(31-3)14-32-21-15(2)12-16(13-25-21)22(30)28-8-10-29(11-9-28)23-27-20-18(33-23)6-7-19(24)26-20/h6-7,12-13,17H,4-5,8-11,14H2,1-3H3. The zero-order valence-corrected chi connectivity index (χ0v) is 19.8. The fraction of sp³-hybridized carbons (Fsp3) is 0.478. The molecule has 1 unspecified atom stereocenters. The lowest BCUT2D eigenvalue weighted by molar-refractivity contribution is 0.0497. The Kier molecular flexibility index (Phi) is 7.29. The van der Waals surface area contributed by atoms with Gasteiger partial charge in [0.25, 0.3) is 11.9 Å². The van der Waals surface area contributed by atoms with Gasteiger partial charge in [0, 0.05) is 45.0 Å². The lowest BCUT2D eigenvalue weighted by Gasteiger charge is -2.33. The summed E-state index contributed by atoms with van der Waals surface area (Å²) in [7, 11) is 1.68. The third kappa shape index (κ3) is 5.36. The summed E-state index contributed by atoms with van der Waals surface area (Å²) in [6, 6.07) is 5.74. The highest BCUT2D eigenvalue weighted by atomic mass is 35.5. The van der Waals surface area contributed by atoms with Gasteiger partial charge in [0.1, 0.15) is 11.8 Å². The number of anilines is 1. The molecule has 0 spiro atoms. The molecule has 10 heteroatoms. The smallest absolute Gasteiger partial charge is 0.300 e. The molecule has 0 aromatic carbocycles. The number of hydrogen-bond acceptors (Lipinski definition) is 8. The summed E-state index contributed by atoms with van der Waals surface area (Å²) < 4.78 is 17.0. The average Bonchev–Trinajstić information content (AvgIpc) is 3.25. The first-order valence-corrected chi connectivity index (χ1v) is 11.5. The van der Waals surface area contributed by atoms with Gasteiger partial charge in [-0.15, -0.1) is 0 Å². The van der Waals surface area contributed by atoms with Gasteiger partial charge in [-0.05, 0) is 31.5 Å². The van der Waals surface area contributed by atoms with Crippen LogP contribution in [0.2, 0.25) is 5.15 Å². The first-order valence-electron chi connectivity index (χ1n) is 11.1. The number of halogens is 1. The van der Waals surface area contributed by atoms with Crippen LogP contribution < -0.4 is 9.64 Å². The number of hydrogen-bond donors (Lipinski definition) is 0. The molecule has 4 rings (SSSR count). The maximum Gasteiger partial charge on any atom is 0.300 e. The van der Waals surface area contributed by atoms with Gasteiger partial charge < -0.3 is 23.7 Å². The second-order valence-electron chi connectivity index (χ2n) is 8.03. The number of aromatic nitrogens is 3. The molecule has 1 amide bonds. The van der Waals surface area contributed by atoms with Crippen LogP contribution in [0.3, 0.4) is 0 Å². The van der Waals surface area contributed by atoms with Crippen molar-refractivity contribution in [2.45, 2.75) is 32.8 Å². The predicted molar refractivity (Wildman–Crippen MR) is 125 cm³/mol. The van der Waals surface area contributed by atoms with Crippen LogP contribution in [0, 0.1) is 6.92 Å². The second-order valence-corrected chi connectivity index (χ2v) is 8.42. The van der Waals surface area contributed by atoms with E-state index in [2.05, 4.69) is 21.9 Å². The van der Waals surface area contributed by atoms with Crippen molar-refractivity contribution in [2.24, 2.45) is 0 Å². The van der Waals surface area contributed by atoms with Crippen molar-refractivity contribution in [1.82, 2.24) is 19.9 Å². The van der Waals surface area contributed by atoms with E-state index in [0.29, 0.717) is 66.6 Å². The van der Waals surface area contributed by atoms with Crippen molar-refractivity contribution in [1.29, 1.82) is 0 Å². The van der Waals surface area contributed by atoms with Gasteiger partial charge in [0.2, 0.25) is 11.5 Å². The monoisotopic (exact) mass is 473 g/mol. The van der Waals surface area contributed by atoms with E-state index in [0.717, 1.165) is 18.4 Å². The maximum absolute atomic E-state index is 13.0. The van der Waals surface area contributed by atoms with Gasteiger partial charge >= 0.3 is 0 Å². The van der Waals surface area contributed by atoms with E-state index in [9.17, 15) is 4.79 Å². The zero-order chi connectivity index (χ0) is 23.4. The van der Waals surface area contributed by atoms with Crippen molar-refractivity contribution >= 4 is 34.8 Å². The Morgan fingerprint density at radius 3 is 2.73 bits per heavy atom. The molecule has 1 aliphatic heterocycles. The van der Waals surface area contributed by atoms with Crippen LogP contribution >= 0.6 is 11.6 Å². The Morgan fingerprint density at radius 1 is 1.24 bits per heavy atom. The van der Waals surface area contributed by atoms with E-state index in [-0.39, 0.29) is 12.0 Å². The van der Waals surface area contributed by atoms with Gasteiger partial charge in [-0.25, -0.2) is 9.97 Å². The number of fused-ring (bicyclic) bond motifs is 1. The molecule has 1 atom stereocenters. The number of methoxy groups -OCH3 is 1. The molecular formula is C23H28ClN5O4. The number of carbonyl (C=O) groups is 1. The third-order valence-electron chi connectivity index (χ3n) is 5.67. The number of carbonyl (C=O) groups excluding carboxylic acids is 1. The summed E-state index contributed by atoms with van der Waals surface area (Å²) in [6.07, 6.45) is 3.55. The summed E-state index contributed by atoms with van der Waals surface area (Å²) in [5.74, 6) is 0.475. The van der Waals surface area contributed by atoms with Crippen LogP contribution in [-0.4, -0.2) is 71.8 Å². The summed E-state index contributed by atoms with van der Waals surface area (Å²) >= 11 is 5.93. The predicted octanol–water partition coefficient (Wildman–Crippen LogP) is 3.74. The van der Waals surface area contributed by atoms with Gasteiger partial charge in [0.05, 0.1) is 11.7 Å². The summed E-state index contributed by atoms with van der Waals surface area (Å²) in [5.41, 5.74) is 2.43. The molecule has 9 nitrogen and oxygen atoms in total. The molecular weight excluding hydrogens is 446 g/mol. The molecule has 33 heavy (non-hydrogen) atoms. The molecule has 176 valence electrons. The minimum atomic E-state index is -0.0523. The minimum Gasteiger partial charge on any atom is -0.475 e. The lowest BCUT2D eigenvalue weighted by Crippen LogP contribution is -2.49. The molecule has 0 radical (unpaired) electrons. The number of ether oxygens (including phenoxy) is 2. The number of amides is 1. The van der Waals surface area contributed by atoms with Crippen LogP contribution in [0.25, 0.3) is 11.2 Å². The molecule has 0 bridgehead atoms. The number of rotatable bonds is 8. The molecule has 1 fully saturated rings. The van der Waals surface area contributed by atoms with Crippen molar-refractivity contribution in [3.63, 3.8) is 0 Å². The Hall–Kier alpha value is -2.91. The van der Waals surface area contributed by atoms with Crippen molar-refractivity contribution in [3.8, 4) is 5.88 Å². The molecule has 1 saturated heterocycles. The van der Waals surface area contributed by atoms with E-state index in [4.69, 9.17) is 25.5 Å². The van der Waals surface area contributed by atoms with Crippen LogP contribution in [0.4, 0.5) is 6.01 Å². The van der Waals surface area contributed by atoms with Gasteiger partial charge in [-0.3, -0.25) is 4.79 Å².